The Morgan fingerprint density at radius 2 is 1.90 bits per heavy atom. The highest BCUT2D eigenvalue weighted by molar-refractivity contribution is 5.94. The number of nitro groups is 1. The molecule has 0 saturated carbocycles. The first-order valence-electron chi connectivity index (χ1n) is 9.40. The highest BCUT2D eigenvalue weighted by Crippen LogP contribution is 2.21. The van der Waals surface area contributed by atoms with Crippen molar-refractivity contribution in [2.75, 3.05) is 38.0 Å². The Kier molecular flexibility index (Phi) is 6.50. The molecule has 9 nitrogen and oxygen atoms in total. The van der Waals surface area contributed by atoms with Crippen LogP contribution in [0.1, 0.15) is 22.3 Å². The Labute approximate surface area is 168 Å². The normalized spacial score (nSPS) is 14.9. The van der Waals surface area contributed by atoms with E-state index in [-0.39, 0.29) is 24.0 Å². The summed E-state index contributed by atoms with van der Waals surface area (Å²) in [5, 5.41) is 13.7. The van der Waals surface area contributed by atoms with E-state index >= 15 is 0 Å². The molecule has 1 aromatic heterocycles. The smallest absolute Gasteiger partial charge is 0.271 e. The maximum Gasteiger partial charge on any atom is 0.271 e. The molecule has 3 rings (SSSR count). The third kappa shape index (κ3) is 5.35. The Hall–Kier alpha value is -3.33. The molecule has 0 atom stereocenters. The van der Waals surface area contributed by atoms with Crippen LogP contribution < -0.4 is 5.32 Å². The number of anilines is 1. The highest BCUT2D eigenvalue weighted by Gasteiger charge is 2.21. The lowest BCUT2D eigenvalue weighted by molar-refractivity contribution is -0.384. The predicted molar refractivity (Wildman–Crippen MR) is 108 cm³/mol. The predicted octanol–water partition coefficient (Wildman–Crippen LogP) is 2.08. The van der Waals surface area contributed by atoms with Crippen LogP contribution in [0.25, 0.3) is 0 Å². The summed E-state index contributed by atoms with van der Waals surface area (Å²) in [6, 6.07) is 7.78. The number of pyridine rings is 1. The lowest BCUT2D eigenvalue weighted by Crippen LogP contribution is -2.38. The van der Waals surface area contributed by atoms with Crippen molar-refractivity contribution in [1.82, 2.24) is 14.8 Å². The van der Waals surface area contributed by atoms with Gasteiger partial charge in [-0.15, -0.1) is 0 Å². The van der Waals surface area contributed by atoms with Gasteiger partial charge >= 0.3 is 0 Å². The van der Waals surface area contributed by atoms with Crippen LogP contribution in [-0.2, 0) is 4.79 Å². The lowest BCUT2D eigenvalue weighted by Gasteiger charge is -2.22. The molecule has 2 aromatic rings. The second kappa shape index (κ2) is 9.24. The fourth-order valence-corrected chi connectivity index (χ4v) is 3.26. The maximum atomic E-state index is 12.6. The topological polar surface area (TPSA) is 109 Å². The third-order valence-corrected chi connectivity index (χ3v) is 4.88. The quantitative estimate of drug-likeness (QED) is 0.611. The van der Waals surface area contributed by atoms with Crippen molar-refractivity contribution in [1.29, 1.82) is 0 Å². The van der Waals surface area contributed by atoms with Crippen LogP contribution >= 0.6 is 0 Å². The Morgan fingerprint density at radius 1 is 1.14 bits per heavy atom. The minimum Gasteiger partial charge on any atom is -0.337 e. The molecule has 1 N–H and O–H groups in total. The van der Waals surface area contributed by atoms with Crippen LogP contribution in [0.15, 0.2) is 42.7 Å². The van der Waals surface area contributed by atoms with Gasteiger partial charge < -0.3 is 10.2 Å². The number of carbonyl (C=O) groups excluding carboxylic acids is 2. The molecule has 0 unspecified atom stereocenters. The van der Waals surface area contributed by atoms with Gasteiger partial charge in [0.05, 0.1) is 17.2 Å². The van der Waals surface area contributed by atoms with E-state index in [2.05, 4.69) is 10.3 Å². The summed E-state index contributed by atoms with van der Waals surface area (Å²) >= 11 is 0. The van der Waals surface area contributed by atoms with E-state index in [1.165, 1.54) is 12.1 Å². The average Bonchev–Trinajstić information content (AvgIpc) is 2.95. The van der Waals surface area contributed by atoms with Crippen LogP contribution in [0.4, 0.5) is 11.4 Å². The van der Waals surface area contributed by atoms with Crippen molar-refractivity contribution in [3.8, 4) is 0 Å². The summed E-state index contributed by atoms with van der Waals surface area (Å²) in [5.41, 5.74) is 1.74. The Bertz CT molecular complexity index is 903. The molecule has 152 valence electrons. The summed E-state index contributed by atoms with van der Waals surface area (Å²) in [6.45, 7) is 4.39. The van der Waals surface area contributed by atoms with Gasteiger partial charge in [-0.1, -0.05) is 6.07 Å². The van der Waals surface area contributed by atoms with Gasteiger partial charge in [-0.05, 0) is 31.0 Å². The molecular weight excluding hydrogens is 374 g/mol. The zero-order chi connectivity index (χ0) is 20.8. The maximum absolute atomic E-state index is 12.6. The summed E-state index contributed by atoms with van der Waals surface area (Å²) in [7, 11) is 0. The first-order valence-corrected chi connectivity index (χ1v) is 9.40. The molecule has 0 bridgehead atoms. The van der Waals surface area contributed by atoms with E-state index in [1.54, 1.807) is 42.4 Å². The van der Waals surface area contributed by atoms with Gasteiger partial charge in [-0.3, -0.25) is 29.6 Å². The second-order valence-corrected chi connectivity index (χ2v) is 6.96. The van der Waals surface area contributed by atoms with Crippen molar-refractivity contribution < 1.29 is 14.5 Å². The zero-order valence-corrected chi connectivity index (χ0v) is 16.2. The number of aromatic nitrogens is 1. The fourth-order valence-electron chi connectivity index (χ4n) is 3.26. The summed E-state index contributed by atoms with van der Waals surface area (Å²) in [4.78, 5) is 43.2. The van der Waals surface area contributed by atoms with Gasteiger partial charge in [-0.2, -0.15) is 0 Å². The molecule has 29 heavy (non-hydrogen) atoms. The number of hydrogen-bond donors (Lipinski definition) is 1. The Balaban J connectivity index is 1.56. The minimum atomic E-state index is -0.488. The number of rotatable bonds is 5. The zero-order valence-electron chi connectivity index (χ0n) is 16.2. The monoisotopic (exact) mass is 397 g/mol. The number of nitrogens with zero attached hydrogens (tertiary/aromatic N) is 4. The van der Waals surface area contributed by atoms with Gasteiger partial charge in [0.1, 0.15) is 0 Å². The number of nitro benzene ring substituents is 1. The van der Waals surface area contributed by atoms with Crippen molar-refractivity contribution in [2.45, 2.75) is 13.3 Å². The fraction of sp³-hybridized carbons (Fsp3) is 0.350. The number of carbonyl (C=O) groups is 2. The van der Waals surface area contributed by atoms with Crippen molar-refractivity contribution in [3.63, 3.8) is 0 Å². The minimum absolute atomic E-state index is 0.0362. The van der Waals surface area contributed by atoms with E-state index in [4.69, 9.17) is 0 Å². The van der Waals surface area contributed by atoms with E-state index in [9.17, 15) is 19.7 Å². The molecule has 9 heteroatoms. The van der Waals surface area contributed by atoms with Gasteiger partial charge in [-0.25, -0.2) is 0 Å². The van der Waals surface area contributed by atoms with Crippen molar-refractivity contribution >= 4 is 23.2 Å². The van der Waals surface area contributed by atoms with Gasteiger partial charge in [0.15, 0.2) is 0 Å². The summed E-state index contributed by atoms with van der Waals surface area (Å²) < 4.78 is 0. The Morgan fingerprint density at radius 3 is 2.62 bits per heavy atom. The second-order valence-electron chi connectivity index (χ2n) is 6.96. The van der Waals surface area contributed by atoms with Gasteiger partial charge in [0, 0.05) is 56.3 Å². The van der Waals surface area contributed by atoms with E-state index in [0.29, 0.717) is 37.4 Å². The van der Waals surface area contributed by atoms with Crippen LogP contribution in [0.3, 0.4) is 0 Å². The largest absolute Gasteiger partial charge is 0.337 e. The number of benzene rings is 1. The van der Waals surface area contributed by atoms with E-state index < -0.39 is 4.92 Å². The van der Waals surface area contributed by atoms with Gasteiger partial charge in [0.25, 0.3) is 11.6 Å². The van der Waals surface area contributed by atoms with Crippen LogP contribution in [0, 0.1) is 17.0 Å². The van der Waals surface area contributed by atoms with Crippen molar-refractivity contribution in [3.05, 3.63) is 64.0 Å². The number of amides is 2. The molecule has 1 aliphatic heterocycles. The molecule has 0 aliphatic carbocycles. The van der Waals surface area contributed by atoms with Crippen molar-refractivity contribution in [2.24, 2.45) is 0 Å². The van der Waals surface area contributed by atoms with Crippen LogP contribution in [0.2, 0.25) is 0 Å². The molecule has 1 aromatic carbocycles. The van der Waals surface area contributed by atoms with Gasteiger partial charge in [0.2, 0.25) is 5.91 Å². The molecule has 0 spiro atoms. The summed E-state index contributed by atoms with van der Waals surface area (Å²) in [6.07, 6.45) is 3.95. The SMILES string of the molecule is Cc1ccc([N+](=O)[O-])cc1NC(=O)CN1CCCN(C(=O)c2ccncc2)CC1. The third-order valence-electron chi connectivity index (χ3n) is 4.88. The number of non-ortho nitro benzene ring substituents is 1. The molecule has 1 aliphatic rings. The highest BCUT2D eigenvalue weighted by atomic mass is 16.6. The first-order chi connectivity index (χ1) is 13.9. The lowest BCUT2D eigenvalue weighted by atomic mass is 10.2. The number of nitrogens with one attached hydrogen (secondary N) is 1. The molecular formula is C20H23N5O4. The van der Waals surface area contributed by atoms with Crippen LogP contribution in [-0.4, -0.2) is 64.2 Å². The standard InChI is InChI=1S/C20H23N5O4/c1-15-3-4-17(25(28)29)13-18(15)22-19(26)14-23-9-2-10-24(12-11-23)20(27)16-5-7-21-8-6-16/h3-8,13H,2,9-12,14H2,1H3,(H,22,26). The number of hydrogen-bond acceptors (Lipinski definition) is 6. The first kappa shape index (κ1) is 20.4. The summed E-state index contributed by atoms with van der Waals surface area (Å²) in [5.74, 6) is -0.270. The molecule has 0 radical (unpaired) electrons. The molecule has 2 heterocycles. The average molecular weight is 397 g/mol. The van der Waals surface area contributed by atoms with E-state index in [0.717, 1.165) is 12.0 Å². The number of aryl methyl sites for hydroxylation is 1. The van der Waals surface area contributed by atoms with E-state index in [1.807, 2.05) is 4.90 Å². The van der Waals surface area contributed by atoms with Crippen LogP contribution in [0.5, 0.6) is 0 Å². The molecule has 1 fully saturated rings. The molecule has 2 amide bonds. The molecule has 1 saturated heterocycles.